The third kappa shape index (κ3) is 3.36. The Labute approximate surface area is 92.7 Å². The number of benzene rings is 1. The van der Waals surface area contributed by atoms with Crippen LogP contribution < -0.4 is 0 Å². The van der Waals surface area contributed by atoms with Crippen molar-refractivity contribution >= 4 is 0 Å². The number of aliphatic hydroxyl groups excluding tert-OH is 1. The Bertz CT molecular complexity index is 393. The van der Waals surface area contributed by atoms with Gasteiger partial charge in [0.05, 0.1) is 11.1 Å². The van der Waals surface area contributed by atoms with E-state index in [0.29, 0.717) is 6.07 Å². The molecule has 0 saturated carbocycles. The summed E-state index contributed by atoms with van der Waals surface area (Å²) in [4.78, 5) is 0. The highest BCUT2D eigenvalue weighted by molar-refractivity contribution is 5.34. The van der Waals surface area contributed by atoms with E-state index in [9.17, 15) is 26.3 Å². The Morgan fingerprint density at radius 1 is 1.06 bits per heavy atom. The Hall–Kier alpha value is -1.24. The van der Waals surface area contributed by atoms with Crippen LogP contribution in [0.5, 0.6) is 0 Å². The van der Waals surface area contributed by atoms with E-state index >= 15 is 0 Å². The second-order valence-corrected chi connectivity index (χ2v) is 3.25. The summed E-state index contributed by atoms with van der Waals surface area (Å²) in [5.41, 5.74) is -3.30. The molecule has 95 valence electrons. The average molecular weight is 257 g/mol. The molecular weight excluding hydrogens is 250 g/mol. The second kappa shape index (κ2) is 4.56. The number of hydrogen-bond acceptors (Lipinski definition) is 1. The number of hydrogen-bond donors (Lipinski definition) is 1. The predicted octanol–water partition coefficient (Wildman–Crippen LogP) is 3.06. The van der Waals surface area contributed by atoms with Gasteiger partial charge in [-0.25, -0.2) is 0 Å². The van der Waals surface area contributed by atoms with Gasteiger partial charge in [-0.1, -0.05) is 0 Å². The molecule has 7 heteroatoms. The smallest absolute Gasteiger partial charge is 0.396 e. The van der Waals surface area contributed by atoms with Crippen LogP contribution in [0.1, 0.15) is 16.7 Å². The first-order valence-corrected chi connectivity index (χ1v) is 4.46. The summed E-state index contributed by atoms with van der Waals surface area (Å²) >= 11 is 0. The minimum absolute atomic E-state index is 0.0293. The van der Waals surface area contributed by atoms with Crippen LogP contribution in [0.4, 0.5) is 26.3 Å². The van der Waals surface area contributed by atoms with Gasteiger partial charge in [0.15, 0.2) is 0 Å². The number of halogens is 6. The largest absolute Gasteiger partial charge is 0.416 e. The highest BCUT2D eigenvalue weighted by atomic mass is 19.4. The Morgan fingerprint density at radius 2 is 1.65 bits per heavy atom. The molecule has 0 heterocycles. The maximum atomic E-state index is 12.5. The summed E-state index contributed by atoms with van der Waals surface area (Å²) in [6.07, 6.45) is -10.1. The van der Waals surface area contributed by atoms with Crippen LogP contribution >= 0.6 is 0 Å². The zero-order valence-corrected chi connectivity index (χ0v) is 8.28. The first kappa shape index (κ1) is 13.8. The van der Waals surface area contributed by atoms with Crippen molar-refractivity contribution in [3.63, 3.8) is 0 Å². The molecule has 1 aromatic carbocycles. The third-order valence-electron chi connectivity index (χ3n) is 2.02. The van der Waals surface area contributed by atoms with E-state index in [1.807, 2.05) is 6.07 Å². The standard InChI is InChI=1S/C10H7F6O/c11-9(12,13)7-2-1-6(3-4-17)8(5-7)10(14,15)16/h2,5,17H,3-4H2. The molecule has 1 N–H and O–H groups in total. The van der Waals surface area contributed by atoms with Crippen molar-refractivity contribution in [2.24, 2.45) is 0 Å². The quantitative estimate of drug-likeness (QED) is 0.807. The summed E-state index contributed by atoms with van der Waals surface area (Å²) in [5, 5.41) is 8.53. The molecule has 0 aliphatic heterocycles. The molecule has 1 aromatic rings. The van der Waals surface area contributed by atoms with E-state index in [-0.39, 0.29) is 6.07 Å². The summed E-state index contributed by atoms with van der Waals surface area (Å²) in [7, 11) is 0. The van der Waals surface area contributed by atoms with Crippen molar-refractivity contribution in [2.75, 3.05) is 6.61 Å². The Balaban J connectivity index is 3.30. The van der Waals surface area contributed by atoms with E-state index in [1.54, 1.807) is 0 Å². The van der Waals surface area contributed by atoms with E-state index in [0.717, 1.165) is 0 Å². The number of rotatable bonds is 2. The van der Waals surface area contributed by atoms with Crippen molar-refractivity contribution in [3.05, 3.63) is 34.9 Å². The second-order valence-electron chi connectivity index (χ2n) is 3.25. The van der Waals surface area contributed by atoms with Crippen molar-refractivity contribution in [1.29, 1.82) is 0 Å². The van der Waals surface area contributed by atoms with E-state index in [2.05, 4.69) is 0 Å². The van der Waals surface area contributed by atoms with Crippen LogP contribution in [0.2, 0.25) is 0 Å². The monoisotopic (exact) mass is 257 g/mol. The Kier molecular flexibility index (Phi) is 3.71. The van der Waals surface area contributed by atoms with Crippen LogP contribution in [-0.4, -0.2) is 11.7 Å². The van der Waals surface area contributed by atoms with Gasteiger partial charge in [0.25, 0.3) is 0 Å². The molecule has 17 heavy (non-hydrogen) atoms. The van der Waals surface area contributed by atoms with Crippen molar-refractivity contribution in [1.82, 2.24) is 0 Å². The molecule has 0 atom stereocenters. The number of aliphatic hydroxyl groups is 1. The van der Waals surface area contributed by atoms with E-state index in [1.165, 1.54) is 0 Å². The van der Waals surface area contributed by atoms with Gasteiger partial charge in [-0.05, 0) is 30.2 Å². The molecule has 1 nitrogen and oxygen atoms in total. The fraction of sp³-hybridized carbons (Fsp3) is 0.400. The highest BCUT2D eigenvalue weighted by Gasteiger charge is 2.37. The summed E-state index contributed by atoms with van der Waals surface area (Å²) in [5.74, 6) is 0. The van der Waals surface area contributed by atoms with E-state index in [4.69, 9.17) is 5.11 Å². The fourth-order valence-corrected chi connectivity index (χ4v) is 1.26. The Morgan fingerprint density at radius 3 is 2.06 bits per heavy atom. The van der Waals surface area contributed by atoms with E-state index < -0.39 is 42.1 Å². The lowest BCUT2D eigenvalue weighted by Crippen LogP contribution is -2.14. The molecule has 0 spiro atoms. The topological polar surface area (TPSA) is 20.2 Å². The van der Waals surface area contributed by atoms with Gasteiger partial charge in [0.2, 0.25) is 0 Å². The summed E-state index contributed by atoms with van der Waals surface area (Å²) < 4.78 is 74.1. The molecule has 0 fully saturated rings. The van der Waals surface area contributed by atoms with Crippen LogP contribution in [0.3, 0.4) is 0 Å². The summed E-state index contributed by atoms with van der Waals surface area (Å²) in [6.45, 7) is -0.592. The molecular formula is C10H7F6O. The van der Waals surface area contributed by atoms with Crippen molar-refractivity contribution < 1.29 is 31.4 Å². The van der Waals surface area contributed by atoms with Gasteiger partial charge in [-0.3, -0.25) is 0 Å². The zero-order valence-electron chi connectivity index (χ0n) is 8.28. The van der Waals surface area contributed by atoms with Crippen molar-refractivity contribution in [2.45, 2.75) is 18.8 Å². The van der Waals surface area contributed by atoms with Gasteiger partial charge in [0.1, 0.15) is 0 Å². The fourth-order valence-electron chi connectivity index (χ4n) is 1.26. The van der Waals surface area contributed by atoms with Gasteiger partial charge in [-0.15, -0.1) is 0 Å². The molecule has 0 saturated heterocycles. The minimum atomic E-state index is -4.90. The lowest BCUT2D eigenvalue weighted by molar-refractivity contribution is -0.143. The zero-order chi connectivity index (χ0) is 13.3. The highest BCUT2D eigenvalue weighted by Crippen LogP contribution is 2.37. The van der Waals surface area contributed by atoms with Crippen LogP contribution in [0, 0.1) is 6.07 Å². The maximum Gasteiger partial charge on any atom is 0.416 e. The molecule has 0 aliphatic rings. The van der Waals surface area contributed by atoms with Crippen LogP contribution in [0.25, 0.3) is 0 Å². The maximum absolute atomic E-state index is 12.5. The number of alkyl halides is 6. The molecule has 0 aromatic heterocycles. The normalized spacial score (nSPS) is 12.9. The first-order valence-electron chi connectivity index (χ1n) is 4.46. The first-order chi connectivity index (χ1) is 7.66. The van der Waals surface area contributed by atoms with Crippen molar-refractivity contribution in [3.8, 4) is 0 Å². The molecule has 0 amide bonds. The van der Waals surface area contributed by atoms with Crippen LogP contribution in [-0.2, 0) is 18.8 Å². The molecule has 1 rings (SSSR count). The van der Waals surface area contributed by atoms with Gasteiger partial charge >= 0.3 is 12.4 Å². The lowest BCUT2D eigenvalue weighted by atomic mass is 10.0. The minimum Gasteiger partial charge on any atom is -0.396 e. The van der Waals surface area contributed by atoms with Gasteiger partial charge in [0, 0.05) is 6.61 Å². The van der Waals surface area contributed by atoms with Gasteiger partial charge in [-0.2, -0.15) is 26.3 Å². The predicted molar refractivity (Wildman–Crippen MR) is 46.1 cm³/mol. The molecule has 1 radical (unpaired) electrons. The lowest BCUT2D eigenvalue weighted by Gasteiger charge is -2.14. The molecule has 0 bridgehead atoms. The SMILES string of the molecule is OCCc1[c]cc(C(F)(F)F)cc1C(F)(F)F. The van der Waals surface area contributed by atoms with Gasteiger partial charge < -0.3 is 5.11 Å². The average Bonchev–Trinajstić information content (AvgIpc) is 2.15. The molecule has 0 unspecified atom stereocenters. The molecule has 0 aliphatic carbocycles. The third-order valence-corrected chi connectivity index (χ3v) is 2.02. The summed E-state index contributed by atoms with van der Waals surface area (Å²) in [6, 6.07) is 2.39. The van der Waals surface area contributed by atoms with Crippen LogP contribution in [0.15, 0.2) is 12.1 Å².